The number of hydrogen-bond acceptors (Lipinski definition) is 8. The summed E-state index contributed by atoms with van der Waals surface area (Å²) in [5, 5.41) is 26.4. The molecule has 4 aromatic rings. The van der Waals surface area contributed by atoms with E-state index in [1.54, 1.807) is 19.2 Å². The largest absolute Gasteiger partial charge is 0.504 e. The summed E-state index contributed by atoms with van der Waals surface area (Å²) in [6, 6.07) is 11.6. The number of phenolic OH excluding ortho intramolecular Hbond substituents is 2. The second kappa shape index (κ2) is 8.90. The maximum Gasteiger partial charge on any atom is 0.257 e. The zero-order valence-corrected chi connectivity index (χ0v) is 17.3. The van der Waals surface area contributed by atoms with Crippen molar-refractivity contribution in [3.63, 3.8) is 0 Å². The highest BCUT2D eigenvalue weighted by molar-refractivity contribution is 6.10. The fraction of sp³-hybridized carbons (Fsp3) is 0.182. The topological polar surface area (TPSA) is 148 Å². The number of ether oxygens (including phenoxy) is 1. The number of nitrogens with two attached hydrogens (primary N) is 1. The maximum atomic E-state index is 12.9. The predicted octanol–water partition coefficient (Wildman–Crippen LogP) is 2.23. The van der Waals surface area contributed by atoms with E-state index in [4.69, 9.17) is 10.5 Å². The van der Waals surface area contributed by atoms with E-state index in [1.165, 1.54) is 23.0 Å². The van der Waals surface area contributed by atoms with Crippen LogP contribution >= 0.6 is 0 Å². The summed E-state index contributed by atoms with van der Waals surface area (Å²) < 4.78 is 6.35. The van der Waals surface area contributed by atoms with E-state index >= 15 is 0 Å². The Balaban J connectivity index is 1.81. The molecule has 2 aromatic carbocycles. The lowest BCUT2D eigenvalue weighted by Crippen LogP contribution is -2.26. The minimum absolute atomic E-state index is 0.0822. The van der Waals surface area contributed by atoms with Gasteiger partial charge in [0.25, 0.3) is 5.91 Å². The summed E-state index contributed by atoms with van der Waals surface area (Å²) in [5.74, 6) is -0.817. The summed E-state index contributed by atoms with van der Waals surface area (Å²) in [7, 11) is 1.60. The molecule has 0 unspecified atom stereocenters. The van der Waals surface area contributed by atoms with Crippen LogP contribution in [0.25, 0.3) is 22.2 Å². The number of aromatic nitrogens is 3. The first-order valence-electron chi connectivity index (χ1n) is 9.89. The molecule has 0 saturated carbocycles. The highest BCUT2D eigenvalue weighted by atomic mass is 16.5. The minimum Gasteiger partial charge on any atom is -0.504 e. The molecule has 0 fully saturated rings. The van der Waals surface area contributed by atoms with Crippen LogP contribution < -0.4 is 11.1 Å². The van der Waals surface area contributed by atoms with Gasteiger partial charge in [0.2, 0.25) is 0 Å². The zero-order valence-electron chi connectivity index (χ0n) is 17.3. The lowest BCUT2D eigenvalue weighted by molar-refractivity contribution is 0.0951. The van der Waals surface area contributed by atoms with Crippen LogP contribution in [0.15, 0.2) is 47.6 Å². The Hall–Kier alpha value is -4.18. The van der Waals surface area contributed by atoms with Crippen molar-refractivity contribution in [2.75, 3.05) is 26.0 Å². The van der Waals surface area contributed by atoms with Crippen molar-refractivity contribution in [3.05, 3.63) is 53.6 Å². The van der Waals surface area contributed by atoms with Gasteiger partial charge in [0.1, 0.15) is 16.9 Å². The van der Waals surface area contributed by atoms with Crippen LogP contribution in [0.4, 0.5) is 5.82 Å². The summed E-state index contributed by atoms with van der Waals surface area (Å²) in [6.45, 7) is 0.932. The number of carbonyl (C=O) groups excluding carboxylic acids is 1. The van der Waals surface area contributed by atoms with Crippen molar-refractivity contribution >= 4 is 40.1 Å². The van der Waals surface area contributed by atoms with E-state index < -0.39 is 0 Å². The first kappa shape index (κ1) is 21.1. The van der Waals surface area contributed by atoms with E-state index in [1.807, 2.05) is 18.2 Å². The molecule has 0 saturated heterocycles. The van der Waals surface area contributed by atoms with Crippen molar-refractivity contribution in [2.45, 2.75) is 6.42 Å². The van der Waals surface area contributed by atoms with Crippen molar-refractivity contribution < 1.29 is 19.7 Å². The SMILES string of the molecule is COCCCNC(=O)c1c(N)n(/N=C/c2ccc(O)c(O)c2)c2nc3ccccc3nc12. The Bertz CT molecular complexity index is 1330. The second-order valence-electron chi connectivity index (χ2n) is 7.05. The van der Waals surface area contributed by atoms with Gasteiger partial charge in [-0.1, -0.05) is 12.1 Å². The lowest BCUT2D eigenvalue weighted by atomic mass is 10.2. The van der Waals surface area contributed by atoms with E-state index in [0.29, 0.717) is 47.3 Å². The van der Waals surface area contributed by atoms with Crippen molar-refractivity contribution in [3.8, 4) is 11.5 Å². The van der Waals surface area contributed by atoms with Crippen molar-refractivity contribution in [2.24, 2.45) is 5.10 Å². The normalized spacial score (nSPS) is 11.5. The van der Waals surface area contributed by atoms with E-state index in [2.05, 4.69) is 20.4 Å². The molecule has 164 valence electrons. The molecule has 0 aliphatic carbocycles. The number of amides is 1. The van der Waals surface area contributed by atoms with Gasteiger partial charge in [-0.15, -0.1) is 0 Å². The van der Waals surface area contributed by atoms with Crippen molar-refractivity contribution in [1.29, 1.82) is 0 Å². The number of nitrogens with one attached hydrogen (secondary N) is 1. The number of para-hydroxylation sites is 2. The molecule has 0 aliphatic rings. The number of carbonyl (C=O) groups is 1. The fourth-order valence-corrected chi connectivity index (χ4v) is 3.24. The average Bonchev–Trinajstić information content (AvgIpc) is 3.06. The molecule has 0 atom stereocenters. The van der Waals surface area contributed by atoms with Crippen LogP contribution in [-0.2, 0) is 4.74 Å². The van der Waals surface area contributed by atoms with Gasteiger partial charge >= 0.3 is 0 Å². The van der Waals surface area contributed by atoms with Crippen LogP contribution in [0.1, 0.15) is 22.3 Å². The molecule has 2 heterocycles. The third kappa shape index (κ3) is 4.03. The molecular formula is C22H22N6O4. The van der Waals surface area contributed by atoms with Gasteiger partial charge in [-0.3, -0.25) is 4.79 Å². The number of rotatable bonds is 7. The Kier molecular flexibility index (Phi) is 5.86. The summed E-state index contributed by atoms with van der Waals surface area (Å²) in [6.07, 6.45) is 2.09. The Labute approximate surface area is 183 Å². The number of aromatic hydroxyl groups is 2. The van der Waals surface area contributed by atoms with E-state index in [0.717, 1.165) is 0 Å². The van der Waals surface area contributed by atoms with E-state index in [-0.39, 0.29) is 28.8 Å². The number of hydrogen-bond donors (Lipinski definition) is 4. The Morgan fingerprint density at radius 1 is 1.19 bits per heavy atom. The van der Waals surface area contributed by atoms with Crippen LogP contribution in [-0.4, -0.2) is 57.2 Å². The number of methoxy groups -OCH3 is 1. The number of phenols is 2. The quantitative estimate of drug-likeness (QED) is 0.198. The van der Waals surface area contributed by atoms with Gasteiger partial charge in [-0.25, -0.2) is 9.97 Å². The fourth-order valence-electron chi connectivity index (χ4n) is 3.24. The number of benzene rings is 2. The molecule has 4 rings (SSSR count). The minimum atomic E-state index is -0.385. The molecule has 2 aromatic heterocycles. The number of anilines is 1. The molecule has 0 aliphatic heterocycles. The Morgan fingerprint density at radius 2 is 1.94 bits per heavy atom. The van der Waals surface area contributed by atoms with Gasteiger partial charge in [-0.05, 0) is 42.3 Å². The number of nitrogen functional groups attached to an aromatic ring is 1. The molecule has 0 radical (unpaired) electrons. The number of nitrogens with zero attached hydrogens (tertiary/aromatic N) is 4. The zero-order chi connectivity index (χ0) is 22.7. The standard InChI is InChI=1S/C22H22N6O4/c1-32-10-4-9-24-22(31)18-19-21(27-15-6-3-2-5-14(15)26-19)28(20(18)23)25-12-13-7-8-16(29)17(30)11-13/h2-3,5-8,11-12,29-30H,4,9-10,23H2,1H3,(H,24,31)/b25-12+. The molecule has 0 bridgehead atoms. The lowest BCUT2D eigenvalue weighted by Gasteiger charge is -2.05. The third-order valence-electron chi connectivity index (χ3n) is 4.83. The smallest absolute Gasteiger partial charge is 0.257 e. The molecular weight excluding hydrogens is 412 g/mol. The molecule has 32 heavy (non-hydrogen) atoms. The predicted molar refractivity (Wildman–Crippen MR) is 121 cm³/mol. The number of fused-ring (bicyclic) bond motifs is 2. The summed E-state index contributed by atoms with van der Waals surface area (Å²) in [5.41, 5.74) is 8.92. The van der Waals surface area contributed by atoms with Gasteiger partial charge in [0.05, 0.1) is 17.2 Å². The molecule has 0 spiro atoms. The van der Waals surface area contributed by atoms with Crippen LogP contribution in [0, 0.1) is 0 Å². The first-order valence-corrected chi connectivity index (χ1v) is 9.89. The Morgan fingerprint density at radius 3 is 2.66 bits per heavy atom. The van der Waals surface area contributed by atoms with Crippen molar-refractivity contribution in [1.82, 2.24) is 20.0 Å². The third-order valence-corrected chi connectivity index (χ3v) is 4.83. The summed E-state index contributed by atoms with van der Waals surface area (Å²) >= 11 is 0. The average molecular weight is 434 g/mol. The van der Waals surface area contributed by atoms with Gasteiger partial charge in [-0.2, -0.15) is 9.78 Å². The second-order valence-corrected chi connectivity index (χ2v) is 7.05. The first-order chi connectivity index (χ1) is 15.5. The molecule has 10 nitrogen and oxygen atoms in total. The van der Waals surface area contributed by atoms with E-state index in [9.17, 15) is 15.0 Å². The molecule has 1 amide bonds. The molecule has 10 heteroatoms. The van der Waals surface area contributed by atoms with Crippen LogP contribution in [0.3, 0.4) is 0 Å². The van der Waals surface area contributed by atoms with Crippen LogP contribution in [0.2, 0.25) is 0 Å². The van der Waals surface area contributed by atoms with Crippen LogP contribution in [0.5, 0.6) is 11.5 Å². The highest BCUT2D eigenvalue weighted by Crippen LogP contribution is 2.28. The molecule has 5 N–H and O–H groups in total. The van der Waals surface area contributed by atoms with Gasteiger partial charge in [0.15, 0.2) is 17.1 Å². The summed E-state index contributed by atoms with van der Waals surface area (Å²) in [4.78, 5) is 22.1. The van der Waals surface area contributed by atoms with Gasteiger partial charge < -0.3 is 26.0 Å². The maximum absolute atomic E-state index is 12.9. The highest BCUT2D eigenvalue weighted by Gasteiger charge is 2.23. The van der Waals surface area contributed by atoms with Gasteiger partial charge in [0, 0.05) is 20.3 Å². The monoisotopic (exact) mass is 434 g/mol.